The van der Waals surface area contributed by atoms with E-state index in [4.69, 9.17) is 4.74 Å². The second-order valence-corrected chi connectivity index (χ2v) is 7.16. The summed E-state index contributed by atoms with van der Waals surface area (Å²) in [5, 5.41) is 11.4. The third-order valence-electron chi connectivity index (χ3n) is 3.95. The Labute approximate surface area is 160 Å². The molecule has 0 bridgehead atoms. The van der Waals surface area contributed by atoms with E-state index in [1.54, 1.807) is 55.0 Å². The van der Waals surface area contributed by atoms with Gasteiger partial charge in [0.2, 0.25) is 5.91 Å². The molecule has 140 valence electrons. The number of rotatable bonds is 6. The van der Waals surface area contributed by atoms with Crippen LogP contribution in [0, 0.1) is 5.82 Å². The quantitative estimate of drug-likeness (QED) is 0.654. The lowest BCUT2D eigenvalue weighted by Gasteiger charge is -2.12. The van der Waals surface area contributed by atoms with Gasteiger partial charge in [0.05, 0.1) is 12.4 Å². The fraction of sp³-hybridized carbons (Fsp3) is 0.211. The third-order valence-corrected chi connectivity index (χ3v) is 5.08. The number of nitrogens with one attached hydrogen (secondary N) is 1. The molecule has 1 heterocycles. The molecular formula is C19H19FN4O2S. The topological polar surface area (TPSA) is 69.0 Å². The highest BCUT2D eigenvalue weighted by Gasteiger charge is 2.19. The van der Waals surface area contributed by atoms with Gasteiger partial charge in [-0.05, 0) is 55.5 Å². The first-order chi connectivity index (χ1) is 13.0. The zero-order chi connectivity index (χ0) is 19.4. The van der Waals surface area contributed by atoms with Crippen LogP contribution in [0.5, 0.6) is 5.75 Å². The molecule has 0 spiro atoms. The molecule has 0 saturated carbocycles. The van der Waals surface area contributed by atoms with Crippen molar-refractivity contribution in [3.63, 3.8) is 0 Å². The highest BCUT2D eigenvalue weighted by atomic mass is 32.2. The highest BCUT2D eigenvalue weighted by Crippen LogP contribution is 2.26. The summed E-state index contributed by atoms with van der Waals surface area (Å²) in [5.74, 6) is 0.888. The Hall–Kier alpha value is -2.87. The summed E-state index contributed by atoms with van der Waals surface area (Å²) in [5.41, 5.74) is 1.45. The zero-order valence-corrected chi connectivity index (χ0v) is 16.0. The molecule has 0 fully saturated rings. The Morgan fingerprint density at radius 3 is 2.44 bits per heavy atom. The molecule has 0 aliphatic rings. The van der Waals surface area contributed by atoms with Crippen molar-refractivity contribution in [1.82, 2.24) is 14.8 Å². The minimum atomic E-state index is -0.379. The largest absolute Gasteiger partial charge is 0.497 e. The molecule has 1 atom stereocenters. The predicted molar refractivity (Wildman–Crippen MR) is 103 cm³/mol. The fourth-order valence-electron chi connectivity index (χ4n) is 2.40. The van der Waals surface area contributed by atoms with E-state index in [0.717, 1.165) is 11.3 Å². The molecule has 0 radical (unpaired) electrons. The summed E-state index contributed by atoms with van der Waals surface area (Å²) in [6, 6.07) is 13.2. The van der Waals surface area contributed by atoms with Crippen LogP contribution >= 0.6 is 11.8 Å². The second-order valence-electron chi connectivity index (χ2n) is 5.85. The van der Waals surface area contributed by atoms with Gasteiger partial charge in [0.1, 0.15) is 11.6 Å². The van der Waals surface area contributed by atoms with Crippen LogP contribution in [0.4, 0.5) is 10.1 Å². The Morgan fingerprint density at radius 1 is 1.15 bits per heavy atom. The molecule has 3 aromatic rings. The maximum absolute atomic E-state index is 13.1. The number of hydrogen-bond donors (Lipinski definition) is 1. The van der Waals surface area contributed by atoms with Crippen molar-refractivity contribution in [2.24, 2.45) is 7.05 Å². The zero-order valence-electron chi connectivity index (χ0n) is 15.1. The molecule has 6 nitrogen and oxygen atoms in total. The summed E-state index contributed by atoms with van der Waals surface area (Å²) in [6.45, 7) is 1.80. The van der Waals surface area contributed by atoms with Crippen molar-refractivity contribution >= 4 is 23.4 Å². The number of amides is 1. The van der Waals surface area contributed by atoms with Gasteiger partial charge in [-0.3, -0.25) is 4.79 Å². The van der Waals surface area contributed by atoms with Crippen LogP contribution in [0.3, 0.4) is 0 Å². The van der Waals surface area contributed by atoms with Crippen molar-refractivity contribution < 1.29 is 13.9 Å². The maximum Gasteiger partial charge on any atom is 0.237 e. The van der Waals surface area contributed by atoms with Gasteiger partial charge < -0.3 is 14.6 Å². The Kier molecular flexibility index (Phi) is 5.75. The van der Waals surface area contributed by atoms with E-state index in [1.165, 1.54) is 23.9 Å². The number of carbonyl (C=O) groups is 1. The highest BCUT2D eigenvalue weighted by molar-refractivity contribution is 8.00. The van der Waals surface area contributed by atoms with E-state index < -0.39 is 0 Å². The number of carbonyl (C=O) groups excluding carboxylic acids is 1. The average Bonchev–Trinajstić information content (AvgIpc) is 3.03. The third kappa shape index (κ3) is 4.46. The molecule has 0 aliphatic carbocycles. The van der Waals surface area contributed by atoms with Crippen LogP contribution < -0.4 is 10.1 Å². The first kappa shape index (κ1) is 18.9. The Bertz CT molecular complexity index is 926. The first-order valence-electron chi connectivity index (χ1n) is 8.25. The monoisotopic (exact) mass is 386 g/mol. The number of methoxy groups -OCH3 is 1. The minimum absolute atomic E-state index is 0.142. The number of nitrogens with zero attached hydrogens (tertiary/aromatic N) is 3. The fourth-order valence-corrected chi connectivity index (χ4v) is 3.21. The van der Waals surface area contributed by atoms with Crippen LogP contribution in [0.1, 0.15) is 6.92 Å². The van der Waals surface area contributed by atoms with E-state index in [-0.39, 0.29) is 17.0 Å². The van der Waals surface area contributed by atoms with Crippen LogP contribution in [-0.2, 0) is 11.8 Å². The summed E-state index contributed by atoms with van der Waals surface area (Å²) >= 11 is 1.30. The molecule has 1 N–H and O–H groups in total. The average molecular weight is 386 g/mol. The van der Waals surface area contributed by atoms with Gasteiger partial charge in [-0.25, -0.2) is 4.39 Å². The van der Waals surface area contributed by atoms with Crippen molar-refractivity contribution in [1.29, 1.82) is 0 Å². The summed E-state index contributed by atoms with van der Waals surface area (Å²) < 4.78 is 20.0. The molecule has 27 heavy (non-hydrogen) atoms. The van der Waals surface area contributed by atoms with Crippen molar-refractivity contribution in [2.75, 3.05) is 12.4 Å². The van der Waals surface area contributed by atoms with E-state index in [1.807, 2.05) is 7.05 Å². The summed E-state index contributed by atoms with van der Waals surface area (Å²) in [7, 11) is 3.41. The van der Waals surface area contributed by atoms with Gasteiger partial charge in [-0.15, -0.1) is 10.2 Å². The normalized spacial score (nSPS) is 11.9. The van der Waals surface area contributed by atoms with Crippen molar-refractivity contribution in [3.05, 3.63) is 54.3 Å². The van der Waals surface area contributed by atoms with E-state index in [0.29, 0.717) is 16.7 Å². The number of hydrogen-bond acceptors (Lipinski definition) is 5. The van der Waals surface area contributed by atoms with Gasteiger partial charge in [-0.2, -0.15) is 0 Å². The maximum atomic E-state index is 13.1. The van der Waals surface area contributed by atoms with Gasteiger partial charge in [0.25, 0.3) is 0 Å². The molecule has 0 saturated heterocycles. The summed E-state index contributed by atoms with van der Waals surface area (Å²) in [4.78, 5) is 12.4. The van der Waals surface area contributed by atoms with Crippen LogP contribution in [0.25, 0.3) is 11.4 Å². The number of ether oxygens (including phenoxy) is 1. The molecular weight excluding hydrogens is 367 g/mol. The van der Waals surface area contributed by atoms with Crippen LogP contribution in [0.15, 0.2) is 53.7 Å². The summed E-state index contributed by atoms with van der Waals surface area (Å²) in [6.07, 6.45) is 0. The van der Waals surface area contributed by atoms with Gasteiger partial charge in [-0.1, -0.05) is 11.8 Å². The van der Waals surface area contributed by atoms with E-state index in [9.17, 15) is 9.18 Å². The first-order valence-corrected chi connectivity index (χ1v) is 9.13. The molecule has 1 aromatic heterocycles. The lowest BCUT2D eigenvalue weighted by atomic mass is 10.2. The Morgan fingerprint density at radius 2 is 1.81 bits per heavy atom. The van der Waals surface area contributed by atoms with Gasteiger partial charge in [0.15, 0.2) is 11.0 Å². The standard InChI is InChI=1S/C19H19FN4O2S/c1-12(18(25)21-15-8-10-16(26-3)11-9-15)27-19-23-22-17(24(19)2)13-4-6-14(20)7-5-13/h4-12H,1-3H3,(H,21,25)/t12-/m0/s1. The van der Waals surface area contributed by atoms with Gasteiger partial charge in [0, 0.05) is 18.3 Å². The number of halogens is 1. The SMILES string of the molecule is COc1ccc(NC(=O)[C@H](C)Sc2nnc(-c3ccc(F)cc3)n2C)cc1. The van der Waals surface area contributed by atoms with Crippen molar-refractivity contribution in [3.8, 4) is 17.1 Å². The second kappa shape index (κ2) is 8.22. The van der Waals surface area contributed by atoms with E-state index >= 15 is 0 Å². The minimum Gasteiger partial charge on any atom is -0.497 e. The number of anilines is 1. The lowest BCUT2D eigenvalue weighted by molar-refractivity contribution is -0.115. The van der Waals surface area contributed by atoms with E-state index in [2.05, 4.69) is 15.5 Å². The Balaban J connectivity index is 1.67. The molecule has 0 aliphatic heterocycles. The number of aromatic nitrogens is 3. The molecule has 0 unspecified atom stereocenters. The molecule has 8 heteroatoms. The van der Waals surface area contributed by atoms with Gasteiger partial charge >= 0.3 is 0 Å². The van der Waals surface area contributed by atoms with Crippen molar-refractivity contribution in [2.45, 2.75) is 17.3 Å². The number of thioether (sulfide) groups is 1. The smallest absolute Gasteiger partial charge is 0.237 e. The molecule has 1 amide bonds. The van der Waals surface area contributed by atoms with Crippen LogP contribution in [-0.4, -0.2) is 33.0 Å². The molecule has 3 rings (SSSR count). The number of benzene rings is 2. The van der Waals surface area contributed by atoms with Crippen LogP contribution in [0.2, 0.25) is 0 Å². The predicted octanol–water partition coefficient (Wildman–Crippen LogP) is 3.75. The lowest BCUT2D eigenvalue weighted by Crippen LogP contribution is -2.22. The molecule has 2 aromatic carbocycles.